The van der Waals surface area contributed by atoms with E-state index in [-0.39, 0.29) is 55.3 Å². The van der Waals surface area contributed by atoms with Gasteiger partial charge in [-0.05, 0) is 42.5 Å². The molecule has 0 saturated carbocycles. The molecule has 0 aliphatic carbocycles. The van der Waals surface area contributed by atoms with Crippen LogP contribution in [0.2, 0.25) is 0 Å². The minimum absolute atomic E-state index is 0. The topological polar surface area (TPSA) is 79.7 Å². The SMILES string of the molecule is COc1cc2c(cc1CN[C@H]1CCCN(C(=O)Cn3ccnc3)[C@H]1c1ccccc1)N(C)C(=O)CC2.Cl.Cl. The molecule has 38 heavy (non-hydrogen) atoms. The van der Waals surface area contributed by atoms with Crippen molar-refractivity contribution in [2.45, 2.75) is 50.9 Å². The first kappa shape index (κ1) is 29.5. The average molecular weight is 561 g/mol. The summed E-state index contributed by atoms with van der Waals surface area (Å²) in [5.74, 6) is 1.04. The number of aryl methyl sites for hydroxylation is 1. The van der Waals surface area contributed by atoms with Gasteiger partial charge in [0.05, 0.1) is 19.5 Å². The third-order valence-corrected chi connectivity index (χ3v) is 7.35. The summed E-state index contributed by atoms with van der Waals surface area (Å²) in [7, 11) is 3.52. The molecule has 1 fully saturated rings. The van der Waals surface area contributed by atoms with Gasteiger partial charge < -0.3 is 24.4 Å². The van der Waals surface area contributed by atoms with E-state index in [1.54, 1.807) is 24.5 Å². The second-order valence-corrected chi connectivity index (χ2v) is 9.55. The Bertz CT molecular complexity index is 1220. The van der Waals surface area contributed by atoms with Gasteiger partial charge in [0.15, 0.2) is 0 Å². The maximum atomic E-state index is 13.4. The number of rotatable bonds is 7. The normalized spacial score (nSPS) is 18.7. The number of imidazole rings is 1. The third-order valence-electron chi connectivity index (χ3n) is 7.35. The highest BCUT2D eigenvalue weighted by Gasteiger charge is 2.35. The van der Waals surface area contributed by atoms with E-state index in [9.17, 15) is 9.59 Å². The van der Waals surface area contributed by atoms with Gasteiger partial charge in [-0.3, -0.25) is 9.59 Å². The van der Waals surface area contributed by atoms with E-state index in [1.807, 2.05) is 40.9 Å². The summed E-state index contributed by atoms with van der Waals surface area (Å²) >= 11 is 0. The minimum atomic E-state index is -0.0798. The summed E-state index contributed by atoms with van der Waals surface area (Å²) in [6.45, 7) is 1.57. The minimum Gasteiger partial charge on any atom is -0.496 e. The van der Waals surface area contributed by atoms with Crippen LogP contribution < -0.4 is 15.0 Å². The molecule has 5 rings (SSSR count). The van der Waals surface area contributed by atoms with E-state index in [4.69, 9.17) is 4.74 Å². The molecule has 3 heterocycles. The van der Waals surface area contributed by atoms with Crippen LogP contribution >= 0.6 is 24.8 Å². The molecule has 204 valence electrons. The lowest BCUT2D eigenvalue weighted by Gasteiger charge is -2.42. The van der Waals surface area contributed by atoms with E-state index in [0.29, 0.717) is 13.0 Å². The summed E-state index contributed by atoms with van der Waals surface area (Å²) in [5, 5.41) is 3.74. The van der Waals surface area contributed by atoms with Gasteiger partial charge in [0.1, 0.15) is 12.3 Å². The molecule has 8 nitrogen and oxygen atoms in total. The predicted octanol–water partition coefficient (Wildman–Crippen LogP) is 4.17. The Kier molecular flexibility index (Phi) is 10.2. The van der Waals surface area contributed by atoms with Gasteiger partial charge in [-0.1, -0.05) is 30.3 Å². The number of anilines is 1. The van der Waals surface area contributed by atoms with Crippen LogP contribution in [0.1, 0.15) is 42.0 Å². The molecule has 10 heteroatoms. The molecule has 2 aliphatic rings. The molecular weight excluding hydrogens is 525 g/mol. The van der Waals surface area contributed by atoms with Crippen molar-refractivity contribution < 1.29 is 14.3 Å². The maximum Gasteiger partial charge on any atom is 0.243 e. The van der Waals surface area contributed by atoms with Gasteiger partial charge in [-0.25, -0.2) is 4.98 Å². The fourth-order valence-electron chi connectivity index (χ4n) is 5.46. The average Bonchev–Trinajstić information content (AvgIpc) is 3.42. The lowest BCUT2D eigenvalue weighted by molar-refractivity contribution is -0.136. The molecule has 2 aromatic carbocycles. The van der Waals surface area contributed by atoms with Crippen molar-refractivity contribution in [1.29, 1.82) is 0 Å². The molecule has 1 saturated heterocycles. The number of nitrogens with zero attached hydrogens (tertiary/aromatic N) is 4. The second kappa shape index (κ2) is 13.1. The Morgan fingerprint density at radius 3 is 2.66 bits per heavy atom. The fraction of sp³-hybridized carbons (Fsp3) is 0.393. The van der Waals surface area contributed by atoms with Crippen LogP contribution in [0, 0.1) is 0 Å². The van der Waals surface area contributed by atoms with Crippen LogP contribution in [0.25, 0.3) is 0 Å². The van der Waals surface area contributed by atoms with E-state index in [0.717, 1.165) is 53.9 Å². The summed E-state index contributed by atoms with van der Waals surface area (Å²) < 4.78 is 7.54. The Hall–Kier alpha value is -3.07. The molecule has 1 aromatic heterocycles. The van der Waals surface area contributed by atoms with E-state index >= 15 is 0 Å². The van der Waals surface area contributed by atoms with Gasteiger partial charge in [0, 0.05) is 56.2 Å². The van der Waals surface area contributed by atoms with Crippen LogP contribution in [-0.4, -0.2) is 53.0 Å². The second-order valence-electron chi connectivity index (χ2n) is 9.55. The number of benzene rings is 2. The Morgan fingerprint density at radius 1 is 1.16 bits per heavy atom. The number of methoxy groups -OCH3 is 1. The van der Waals surface area contributed by atoms with Crippen molar-refractivity contribution in [2.75, 3.05) is 25.6 Å². The number of carbonyl (C=O) groups is 2. The molecule has 0 radical (unpaired) electrons. The van der Waals surface area contributed by atoms with E-state index in [2.05, 4.69) is 34.6 Å². The number of nitrogens with one attached hydrogen (secondary N) is 1. The summed E-state index contributed by atoms with van der Waals surface area (Å²) in [5.41, 5.74) is 4.21. The van der Waals surface area contributed by atoms with Crippen LogP contribution in [0.4, 0.5) is 5.69 Å². The van der Waals surface area contributed by atoms with Crippen molar-refractivity contribution in [1.82, 2.24) is 19.8 Å². The monoisotopic (exact) mass is 559 g/mol. The number of carbonyl (C=O) groups excluding carboxylic acids is 2. The van der Waals surface area contributed by atoms with Gasteiger partial charge in [-0.2, -0.15) is 0 Å². The molecule has 2 aliphatic heterocycles. The first-order valence-corrected chi connectivity index (χ1v) is 12.5. The lowest BCUT2D eigenvalue weighted by Crippen LogP contribution is -2.51. The highest BCUT2D eigenvalue weighted by Crippen LogP contribution is 2.35. The molecule has 0 bridgehead atoms. The molecule has 3 aromatic rings. The van der Waals surface area contributed by atoms with Gasteiger partial charge in [0.25, 0.3) is 0 Å². The third kappa shape index (κ3) is 6.14. The fourth-order valence-corrected chi connectivity index (χ4v) is 5.46. The number of ether oxygens (including phenoxy) is 1. The number of halogens is 2. The first-order chi connectivity index (χ1) is 17.5. The Labute approximate surface area is 236 Å². The predicted molar refractivity (Wildman–Crippen MR) is 152 cm³/mol. The number of amides is 2. The maximum absolute atomic E-state index is 13.4. The Morgan fingerprint density at radius 2 is 1.95 bits per heavy atom. The van der Waals surface area contributed by atoms with Gasteiger partial charge in [0.2, 0.25) is 11.8 Å². The molecule has 1 N–H and O–H groups in total. The number of likely N-dealkylation sites (tertiary alicyclic amines) is 1. The summed E-state index contributed by atoms with van der Waals surface area (Å²) in [4.78, 5) is 33.5. The zero-order valence-electron chi connectivity index (χ0n) is 21.7. The lowest BCUT2D eigenvalue weighted by atomic mass is 9.89. The van der Waals surface area contributed by atoms with Gasteiger partial charge in [-0.15, -0.1) is 24.8 Å². The molecule has 2 amide bonds. The number of hydrogen-bond acceptors (Lipinski definition) is 5. The van der Waals surface area contributed by atoms with Crippen molar-refractivity contribution >= 4 is 42.3 Å². The standard InChI is InChI=1S/C28H33N5O3.2ClH/c1-31-24-15-22(25(36-2)16-21(24)10-11-26(31)34)17-30-23-9-6-13-33(27(35)18-32-14-12-29-19-32)28(23)20-7-4-3-5-8-20;;/h3-5,7-8,12,14-16,19,23,28,30H,6,9-11,13,17-18H2,1-2H3;2*1H/t23-,28-;;/m0../s1. The number of aromatic nitrogens is 2. The zero-order chi connectivity index (χ0) is 25.1. The van der Waals surface area contributed by atoms with E-state index < -0.39 is 0 Å². The largest absolute Gasteiger partial charge is 0.496 e. The molecular formula is C28H35Cl2N5O3. The van der Waals surface area contributed by atoms with Gasteiger partial charge >= 0.3 is 0 Å². The molecule has 2 atom stereocenters. The Balaban J connectivity index is 0.00000200. The van der Waals surface area contributed by atoms with Crippen molar-refractivity contribution in [2.24, 2.45) is 0 Å². The summed E-state index contributed by atoms with van der Waals surface area (Å²) in [6, 6.07) is 14.4. The van der Waals surface area contributed by atoms with Crippen LogP contribution in [0.3, 0.4) is 0 Å². The van der Waals surface area contributed by atoms with Crippen LogP contribution in [0.5, 0.6) is 5.75 Å². The van der Waals surface area contributed by atoms with Crippen molar-refractivity contribution in [3.05, 3.63) is 77.9 Å². The zero-order valence-corrected chi connectivity index (χ0v) is 23.3. The quantitative estimate of drug-likeness (QED) is 0.470. The highest BCUT2D eigenvalue weighted by atomic mass is 35.5. The van der Waals surface area contributed by atoms with E-state index in [1.165, 1.54) is 0 Å². The highest BCUT2D eigenvalue weighted by molar-refractivity contribution is 5.96. The number of hydrogen-bond donors (Lipinski definition) is 1. The van der Waals surface area contributed by atoms with Crippen LogP contribution in [0.15, 0.2) is 61.2 Å². The summed E-state index contributed by atoms with van der Waals surface area (Å²) in [6.07, 6.45) is 8.33. The first-order valence-electron chi connectivity index (χ1n) is 12.5. The smallest absolute Gasteiger partial charge is 0.243 e. The number of piperidine rings is 1. The molecule has 0 unspecified atom stereocenters. The van der Waals surface area contributed by atoms with Crippen molar-refractivity contribution in [3.63, 3.8) is 0 Å². The number of fused-ring (bicyclic) bond motifs is 1. The van der Waals surface area contributed by atoms with Crippen LogP contribution in [-0.2, 0) is 29.1 Å². The van der Waals surface area contributed by atoms with Crippen molar-refractivity contribution in [3.8, 4) is 5.75 Å². The molecule has 0 spiro atoms.